The van der Waals surface area contributed by atoms with E-state index in [0.29, 0.717) is 24.0 Å². The SMILES string of the molecule is COc1ccccc1Oc1cccc(S(=O)(=O)c2ccnc(N3CC(C)CC3(C)C)c2C(N)=O)n1. The second-order valence-corrected chi connectivity index (χ2v) is 11.0. The lowest BCUT2D eigenvalue weighted by Gasteiger charge is -2.33. The topological polar surface area (TPSA) is 125 Å². The summed E-state index contributed by atoms with van der Waals surface area (Å²) >= 11 is 0. The molecule has 1 aliphatic rings. The van der Waals surface area contributed by atoms with Crippen molar-refractivity contribution in [3.05, 3.63) is 60.3 Å². The molecular weight excluding hydrogens is 468 g/mol. The van der Waals surface area contributed by atoms with Crippen LogP contribution in [0.25, 0.3) is 0 Å². The van der Waals surface area contributed by atoms with Crippen LogP contribution in [0.5, 0.6) is 17.4 Å². The molecular formula is C25H28N4O5S. The summed E-state index contributed by atoms with van der Waals surface area (Å²) < 4.78 is 38.4. The van der Waals surface area contributed by atoms with Crippen LogP contribution in [0.2, 0.25) is 0 Å². The molecule has 3 aromatic rings. The molecule has 1 amide bonds. The summed E-state index contributed by atoms with van der Waals surface area (Å²) in [5.74, 6) is 0.641. The molecule has 10 heteroatoms. The first-order chi connectivity index (χ1) is 16.5. The Bertz CT molecular complexity index is 1370. The van der Waals surface area contributed by atoms with Crippen molar-refractivity contribution < 1.29 is 22.7 Å². The van der Waals surface area contributed by atoms with Crippen LogP contribution in [-0.2, 0) is 9.84 Å². The summed E-state index contributed by atoms with van der Waals surface area (Å²) in [6.07, 6.45) is 2.25. The molecule has 2 N–H and O–H groups in total. The van der Waals surface area contributed by atoms with E-state index >= 15 is 0 Å². The molecule has 0 aliphatic carbocycles. The Balaban J connectivity index is 1.78. The number of anilines is 1. The minimum absolute atomic E-state index is 0.0555. The molecule has 1 aromatic carbocycles. The number of pyridine rings is 2. The van der Waals surface area contributed by atoms with Gasteiger partial charge in [-0.1, -0.05) is 25.1 Å². The van der Waals surface area contributed by atoms with E-state index in [-0.39, 0.29) is 32.7 Å². The first-order valence-electron chi connectivity index (χ1n) is 11.1. The number of nitrogens with zero attached hydrogens (tertiary/aromatic N) is 3. The maximum atomic E-state index is 13.7. The van der Waals surface area contributed by atoms with Crippen LogP contribution in [0.1, 0.15) is 37.6 Å². The Kier molecular flexibility index (Phi) is 6.42. The van der Waals surface area contributed by atoms with Gasteiger partial charge in [-0.05, 0) is 50.5 Å². The van der Waals surface area contributed by atoms with Gasteiger partial charge >= 0.3 is 0 Å². The predicted molar refractivity (Wildman–Crippen MR) is 131 cm³/mol. The highest BCUT2D eigenvalue weighted by atomic mass is 32.2. The van der Waals surface area contributed by atoms with E-state index in [1.807, 2.05) is 18.7 Å². The third kappa shape index (κ3) is 4.66. The van der Waals surface area contributed by atoms with Gasteiger partial charge in [0.2, 0.25) is 15.7 Å². The Morgan fingerprint density at radius 2 is 1.83 bits per heavy atom. The Labute approximate surface area is 204 Å². The van der Waals surface area contributed by atoms with Crippen LogP contribution >= 0.6 is 0 Å². The second-order valence-electron chi connectivity index (χ2n) is 9.17. The summed E-state index contributed by atoms with van der Waals surface area (Å²) in [5, 5.41) is -0.279. The van der Waals surface area contributed by atoms with Gasteiger partial charge in [0.15, 0.2) is 16.5 Å². The van der Waals surface area contributed by atoms with Crippen molar-refractivity contribution in [1.82, 2.24) is 9.97 Å². The average Bonchev–Trinajstić information content (AvgIpc) is 3.10. The molecule has 4 rings (SSSR count). The molecule has 35 heavy (non-hydrogen) atoms. The summed E-state index contributed by atoms with van der Waals surface area (Å²) in [5.41, 5.74) is 5.25. The minimum Gasteiger partial charge on any atom is -0.493 e. The van der Waals surface area contributed by atoms with E-state index in [0.717, 1.165) is 6.42 Å². The number of benzene rings is 1. The molecule has 3 heterocycles. The Hall–Kier alpha value is -3.66. The lowest BCUT2D eigenvalue weighted by molar-refractivity contribution is 0.0997. The second kappa shape index (κ2) is 9.18. The van der Waals surface area contributed by atoms with E-state index in [1.165, 1.54) is 37.6 Å². The van der Waals surface area contributed by atoms with Crippen molar-refractivity contribution in [3.8, 4) is 17.4 Å². The molecule has 1 atom stereocenters. The van der Waals surface area contributed by atoms with E-state index in [9.17, 15) is 13.2 Å². The molecule has 0 radical (unpaired) electrons. The van der Waals surface area contributed by atoms with Crippen LogP contribution < -0.4 is 20.1 Å². The predicted octanol–water partition coefficient (Wildman–Crippen LogP) is 3.83. The maximum absolute atomic E-state index is 13.7. The van der Waals surface area contributed by atoms with Gasteiger partial charge in [-0.3, -0.25) is 4.79 Å². The normalized spacial score (nSPS) is 17.3. The molecule has 0 bridgehead atoms. The number of primary amides is 1. The molecule has 1 saturated heterocycles. The summed E-state index contributed by atoms with van der Waals surface area (Å²) in [6.45, 7) is 6.79. The molecule has 0 spiro atoms. The molecule has 184 valence electrons. The zero-order valence-electron chi connectivity index (χ0n) is 20.1. The number of sulfone groups is 1. The monoisotopic (exact) mass is 496 g/mol. The largest absolute Gasteiger partial charge is 0.493 e. The highest BCUT2D eigenvalue weighted by Gasteiger charge is 2.40. The summed E-state index contributed by atoms with van der Waals surface area (Å²) in [6, 6.07) is 12.6. The number of hydrogen-bond acceptors (Lipinski definition) is 8. The standard InChI is InChI=1S/C25H28N4O5S/c1-16-14-25(2,3)29(15-16)24-22(23(26)30)19(12-13-27-24)35(31,32)21-11-7-10-20(28-21)34-18-9-6-5-8-17(18)33-4/h5-13,16H,14-15H2,1-4H3,(H2,26,30). The van der Waals surface area contributed by atoms with E-state index in [1.54, 1.807) is 24.3 Å². The first-order valence-corrected chi connectivity index (χ1v) is 12.6. The molecule has 1 unspecified atom stereocenters. The number of rotatable bonds is 7. The highest BCUT2D eigenvalue weighted by molar-refractivity contribution is 7.91. The van der Waals surface area contributed by atoms with Crippen LogP contribution in [0.15, 0.2) is 64.6 Å². The summed E-state index contributed by atoms with van der Waals surface area (Å²) in [7, 11) is -2.73. The number of methoxy groups -OCH3 is 1. The van der Waals surface area contributed by atoms with Crippen molar-refractivity contribution in [2.45, 2.75) is 42.7 Å². The van der Waals surface area contributed by atoms with Gasteiger partial charge in [-0.25, -0.2) is 18.4 Å². The molecule has 0 saturated carbocycles. The number of para-hydroxylation sites is 2. The first kappa shape index (κ1) is 24.5. The maximum Gasteiger partial charge on any atom is 0.253 e. The van der Waals surface area contributed by atoms with Crippen LogP contribution in [0.3, 0.4) is 0 Å². The van der Waals surface area contributed by atoms with Crippen molar-refractivity contribution in [2.75, 3.05) is 18.6 Å². The molecule has 1 fully saturated rings. The van der Waals surface area contributed by atoms with Crippen LogP contribution in [0.4, 0.5) is 5.82 Å². The number of aromatic nitrogens is 2. The lowest BCUT2D eigenvalue weighted by Crippen LogP contribution is -2.40. The lowest BCUT2D eigenvalue weighted by atomic mass is 9.97. The third-order valence-electron chi connectivity index (χ3n) is 6.01. The fourth-order valence-electron chi connectivity index (χ4n) is 4.58. The van der Waals surface area contributed by atoms with E-state index in [2.05, 4.69) is 16.9 Å². The minimum atomic E-state index is -4.24. The smallest absolute Gasteiger partial charge is 0.253 e. The zero-order chi connectivity index (χ0) is 25.4. The number of nitrogens with two attached hydrogens (primary N) is 1. The van der Waals surface area contributed by atoms with Gasteiger partial charge in [-0.15, -0.1) is 0 Å². The van der Waals surface area contributed by atoms with E-state index in [4.69, 9.17) is 15.2 Å². The number of ether oxygens (including phenoxy) is 2. The van der Waals surface area contributed by atoms with Crippen molar-refractivity contribution in [1.29, 1.82) is 0 Å². The average molecular weight is 497 g/mol. The van der Waals surface area contributed by atoms with Gasteiger partial charge in [0, 0.05) is 24.3 Å². The van der Waals surface area contributed by atoms with Gasteiger partial charge < -0.3 is 20.1 Å². The quantitative estimate of drug-likeness (QED) is 0.523. The van der Waals surface area contributed by atoms with Crippen molar-refractivity contribution >= 4 is 21.6 Å². The van der Waals surface area contributed by atoms with Gasteiger partial charge in [0.25, 0.3) is 5.91 Å². The van der Waals surface area contributed by atoms with Crippen molar-refractivity contribution in [2.24, 2.45) is 11.7 Å². The third-order valence-corrected chi connectivity index (χ3v) is 7.71. The summed E-state index contributed by atoms with van der Waals surface area (Å²) in [4.78, 5) is 22.9. The number of amides is 1. The van der Waals surface area contributed by atoms with Crippen LogP contribution in [-0.4, -0.2) is 43.5 Å². The zero-order valence-corrected chi connectivity index (χ0v) is 20.9. The number of hydrogen-bond donors (Lipinski definition) is 1. The molecule has 1 aliphatic heterocycles. The number of carbonyl (C=O) groups excluding carboxylic acids is 1. The Morgan fingerprint density at radius 1 is 1.11 bits per heavy atom. The van der Waals surface area contributed by atoms with E-state index < -0.39 is 15.7 Å². The Morgan fingerprint density at radius 3 is 2.46 bits per heavy atom. The van der Waals surface area contributed by atoms with Gasteiger partial charge in [0.1, 0.15) is 11.4 Å². The fourth-order valence-corrected chi connectivity index (χ4v) is 5.98. The van der Waals surface area contributed by atoms with Crippen LogP contribution in [0, 0.1) is 5.92 Å². The molecule has 9 nitrogen and oxygen atoms in total. The highest BCUT2D eigenvalue weighted by Crippen LogP contribution is 2.39. The fraction of sp³-hybridized carbons (Fsp3) is 0.320. The van der Waals surface area contributed by atoms with Crippen molar-refractivity contribution in [3.63, 3.8) is 0 Å². The number of carbonyl (C=O) groups is 1. The van der Waals surface area contributed by atoms with Gasteiger partial charge in [0.05, 0.1) is 12.0 Å². The molecule has 2 aromatic heterocycles. The van der Waals surface area contributed by atoms with Gasteiger partial charge in [-0.2, -0.15) is 0 Å².